The number of ether oxygens (including phenoxy) is 3. The minimum atomic E-state index is -0.496. The van der Waals surface area contributed by atoms with Crippen molar-refractivity contribution in [3.63, 3.8) is 0 Å². The second-order valence-electron chi connectivity index (χ2n) is 7.00. The minimum absolute atomic E-state index is 0.0725. The molecular formula is C21H21N3O6S. The average Bonchev–Trinajstić information content (AvgIpc) is 3.46. The van der Waals surface area contributed by atoms with Crippen LogP contribution in [0, 0.1) is 10.1 Å². The molecule has 0 N–H and O–H groups in total. The third-order valence-electron chi connectivity index (χ3n) is 5.11. The van der Waals surface area contributed by atoms with Crippen LogP contribution in [0.1, 0.15) is 23.2 Å². The fraction of sp³-hybridized carbons (Fsp3) is 0.333. The number of nitrogens with zero attached hydrogens (tertiary/aromatic N) is 3. The molecule has 2 heterocycles. The molecular weight excluding hydrogens is 422 g/mol. The summed E-state index contributed by atoms with van der Waals surface area (Å²) in [5.74, 6) is 0.917. The fourth-order valence-corrected chi connectivity index (χ4v) is 4.59. The second kappa shape index (κ2) is 8.86. The summed E-state index contributed by atoms with van der Waals surface area (Å²) in [6.45, 7) is 0.992. The molecule has 1 aliphatic heterocycles. The van der Waals surface area contributed by atoms with Gasteiger partial charge in [-0.3, -0.25) is 19.8 Å². The van der Waals surface area contributed by atoms with Crippen LogP contribution in [-0.4, -0.2) is 49.3 Å². The van der Waals surface area contributed by atoms with E-state index in [-0.39, 0.29) is 17.7 Å². The number of carbonyl (C=O) groups excluding carboxylic acids is 1. The molecule has 0 saturated carbocycles. The number of carbonyl (C=O) groups is 1. The Kier molecular flexibility index (Phi) is 6.01. The number of anilines is 1. The molecule has 0 radical (unpaired) electrons. The molecule has 1 unspecified atom stereocenters. The number of non-ortho nitro benzene ring substituents is 1. The zero-order chi connectivity index (χ0) is 22.0. The van der Waals surface area contributed by atoms with Crippen LogP contribution in [0.2, 0.25) is 0 Å². The van der Waals surface area contributed by atoms with Crippen LogP contribution in [0.4, 0.5) is 10.8 Å². The van der Waals surface area contributed by atoms with Gasteiger partial charge >= 0.3 is 0 Å². The quantitative estimate of drug-likeness (QED) is 0.401. The van der Waals surface area contributed by atoms with Gasteiger partial charge in [-0.1, -0.05) is 11.3 Å². The van der Waals surface area contributed by atoms with Gasteiger partial charge in [-0.05, 0) is 37.1 Å². The van der Waals surface area contributed by atoms with Crippen molar-refractivity contribution in [2.24, 2.45) is 0 Å². The van der Waals surface area contributed by atoms with Gasteiger partial charge in [-0.25, -0.2) is 4.98 Å². The fourth-order valence-electron chi connectivity index (χ4n) is 3.51. The van der Waals surface area contributed by atoms with Crippen molar-refractivity contribution in [1.82, 2.24) is 4.98 Å². The van der Waals surface area contributed by atoms with Crippen LogP contribution in [0.25, 0.3) is 10.2 Å². The molecule has 1 aliphatic rings. The van der Waals surface area contributed by atoms with E-state index in [1.54, 1.807) is 31.3 Å². The number of amides is 1. The molecule has 1 aromatic heterocycles. The van der Waals surface area contributed by atoms with Gasteiger partial charge in [0.15, 0.2) is 5.13 Å². The molecule has 1 atom stereocenters. The van der Waals surface area contributed by atoms with Crippen LogP contribution in [0.5, 0.6) is 11.5 Å². The maximum atomic E-state index is 13.4. The molecule has 162 valence electrons. The third kappa shape index (κ3) is 4.17. The molecule has 0 bridgehead atoms. The molecule has 0 spiro atoms. The number of methoxy groups -OCH3 is 2. The molecule has 0 aliphatic carbocycles. The summed E-state index contributed by atoms with van der Waals surface area (Å²) >= 11 is 1.33. The van der Waals surface area contributed by atoms with E-state index in [4.69, 9.17) is 14.2 Å². The summed E-state index contributed by atoms with van der Waals surface area (Å²) in [7, 11) is 3.14. The first-order chi connectivity index (χ1) is 15.0. The summed E-state index contributed by atoms with van der Waals surface area (Å²) < 4.78 is 17.4. The van der Waals surface area contributed by atoms with E-state index < -0.39 is 4.92 Å². The van der Waals surface area contributed by atoms with Crippen LogP contribution >= 0.6 is 11.3 Å². The SMILES string of the molecule is COc1ccc(OC)c2sc(N(CC3CCCO3)C(=O)c3ccc([N+](=O)[O-])cc3)nc12. The average molecular weight is 443 g/mol. The Morgan fingerprint density at radius 2 is 1.94 bits per heavy atom. The Morgan fingerprint density at radius 3 is 2.55 bits per heavy atom. The molecule has 1 fully saturated rings. The highest BCUT2D eigenvalue weighted by molar-refractivity contribution is 7.22. The van der Waals surface area contributed by atoms with Crippen molar-refractivity contribution in [1.29, 1.82) is 0 Å². The molecule has 9 nitrogen and oxygen atoms in total. The van der Waals surface area contributed by atoms with Crippen LogP contribution in [0.15, 0.2) is 36.4 Å². The third-order valence-corrected chi connectivity index (χ3v) is 6.20. The van der Waals surface area contributed by atoms with E-state index in [1.807, 2.05) is 0 Å². The minimum Gasteiger partial charge on any atom is -0.495 e. The first-order valence-electron chi connectivity index (χ1n) is 9.71. The molecule has 1 amide bonds. The van der Waals surface area contributed by atoms with E-state index in [9.17, 15) is 14.9 Å². The Labute approximate surface area is 182 Å². The first kappa shape index (κ1) is 21.0. The van der Waals surface area contributed by atoms with E-state index in [2.05, 4.69) is 4.98 Å². The van der Waals surface area contributed by atoms with Crippen molar-refractivity contribution in [2.75, 3.05) is 32.3 Å². The standard InChI is InChI=1S/C21H21N3O6S/c1-28-16-9-10-17(29-2)19-18(16)22-21(31-19)23(12-15-4-3-11-30-15)20(25)13-5-7-14(8-6-13)24(26)27/h5-10,15H,3-4,11-12H2,1-2H3. The maximum absolute atomic E-state index is 13.4. The van der Waals surface area contributed by atoms with Gasteiger partial charge in [0.25, 0.3) is 11.6 Å². The van der Waals surface area contributed by atoms with Gasteiger partial charge in [0.1, 0.15) is 21.7 Å². The normalized spacial score (nSPS) is 15.7. The maximum Gasteiger partial charge on any atom is 0.269 e. The number of nitro benzene ring substituents is 1. The number of hydrogen-bond acceptors (Lipinski definition) is 8. The van der Waals surface area contributed by atoms with Crippen LogP contribution < -0.4 is 14.4 Å². The van der Waals surface area contributed by atoms with E-state index in [0.717, 1.165) is 17.5 Å². The molecule has 10 heteroatoms. The van der Waals surface area contributed by atoms with Crippen molar-refractivity contribution in [3.8, 4) is 11.5 Å². The molecule has 4 rings (SSSR count). The zero-order valence-electron chi connectivity index (χ0n) is 17.1. The number of aromatic nitrogens is 1. The Morgan fingerprint density at radius 1 is 1.23 bits per heavy atom. The highest BCUT2D eigenvalue weighted by Gasteiger charge is 2.28. The van der Waals surface area contributed by atoms with Crippen molar-refractivity contribution >= 4 is 38.3 Å². The molecule has 3 aromatic rings. The van der Waals surface area contributed by atoms with Gasteiger partial charge in [0.2, 0.25) is 0 Å². The van der Waals surface area contributed by atoms with E-state index >= 15 is 0 Å². The lowest BCUT2D eigenvalue weighted by molar-refractivity contribution is -0.384. The topological polar surface area (TPSA) is 104 Å². The van der Waals surface area contributed by atoms with Crippen molar-refractivity contribution in [2.45, 2.75) is 18.9 Å². The second-order valence-corrected chi connectivity index (χ2v) is 7.98. The number of fused-ring (bicyclic) bond motifs is 1. The summed E-state index contributed by atoms with van der Waals surface area (Å²) in [5.41, 5.74) is 0.870. The summed E-state index contributed by atoms with van der Waals surface area (Å²) in [4.78, 5) is 30.1. The van der Waals surface area contributed by atoms with Gasteiger partial charge in [0.05, 0.1) is 31.8 Å². The number of thiazole rings is 1. The van der Waals surface area contributed by atoms with Gasteiger partial charge in [-0.2, -0.15) is 0 Å². The highest BCUT2D eigenvalue weighted by atomic mass is 32.1. The predicted molar refractivity (Wildman–Crippen MR) is 116 cm³/mol. The lowest BCUT2D eigenvalue weighted by Crippen LogP contribution is -2.37. The van der Waals surface area contributed by atoms with Gasteiger partial charge in [0, 0.05) is 24.3 Å². The Bertz CT molecular complexity index is 1070. The largest absolute Gasteiger partial charge is 0.495 e. The Balaban J connectivity index is 1.75. The van der Waals surface area contributed by atoms with Gasteiger partial charge < -0.3 is 14.2 Å². The zero-order valence-corrected chi connectivity index (χ0v) is 17.9. The van der Waals surface area contributed by atoms with Crippen LogP contribution in [0.3, 0.4) is 0 Å². The molecule has 1 saturated heterocycles. The molecule has 31 heavy (non-hydrogen) atoms. The van der Waals surface area contributed by atoms with E-state index in [1.165, 1.54) is 35.6 Å². The van der Waals surface area contributed by atoms with Crippen molar-refractivity contribution in [3.05, 3.63) is 52.1 Å². The highest BCUT2D eigenvalue weighted by Crippen LogP contribution is 2.40. The number of rotatable bonds is 7. The number of benzene rings is 2. The first-order valence-corrected chi connectivity index (χ1v) is 10.5. The number of hydrogen-bond donors (Lipinski definition) is 0. The summed E-state index contributed by atoms with van der Waals surface area (Å²) in [5, 5.41) is 11.4. The predicted octanol–water partition coefficient (Wildman–Crippen LogP) is 4.05. The van der Waals surface area contributed by atoms with Crippen molar-refractivity contribution < 1.29 is 23.9 Å². The van der Waals surface area contributed by atoms with Crippen LogP contribution in [-0.2, 0) is 4.74 Å². The monoisotopic (exact) mass is 443 g/mol. The lowest BCUT2D eigenvalue weighted by Gasteiger charge is -2.23. The smallest absolute Gasteiger partial charge is 0.269 e. The lowest BCUT2D eigenvalue weighted by atomic mass is 10.1. The number of nitro groups is 1. The van der Waals surface area contributed by atoms with E-state index in [0.29, 0.717) is 40.9 Å². The summed E-state index contributed by atoms with van der Waals surface area (Å²) in [6, 6.07) is 9.12. The van der Waals surface area contributed by atoms with Gasteiger partial charge in [-0.15, -0.1) is 0 Å². The Hall–Kier alpha value is -3.24. The summed E-state index contributed by atoms with van der Waals surface area (Å²) in [6.07, 6.45) is 1.69. The molecule has 2 aromatic carbocycles.